The van der Waals surface area contributed by atoms with Crippen LogP contribution >= 0.6 is 0 Å². The number of nitrogens with two attached hydrogens (primary N) is 1. The lowest BCUT2D eigenvalue weighted by Gasteiger charge is -2.26. The minimum atomic E-state index is -1.03. The van der Waals surface area contributed by atoms with E-state index in [4.69, 9.17) is 15.2 Å². The van der Waals surface area contributed by atoms with Crippen LogP contribution in [0.1, 0.15) is 46.5 Å². The average molecular weight is 589 g/mol. The lowest BCUT2D eigenvalue weighted by molar-refractivity contribution is -0.119. The molecule has 13 heteroatoms. The van der Waals surface area contributed by atoms with Crippen LogP contribution in [0.15, 0.2) is 49.1 Å². The van der Waals surface area contributed by atoms with Crippen LogP contribution in [0.4, 0.5) is 16.3 Å². The number of carbonyl (C=O) groups excluding carboxylic acids is 3. The van der Waals surface area contributed by atoms with Gasteiger partial charge in [-0.15, -0.1) is 0 Å². The molecule has 43 heavy (non-hydrogen) atoms. The number of alkyl carbamates (subject to hydrolysis) is 1. The topological polar surface area (TPSA) is 177 Å². The largest absolute Gasteiger partial charge is 0.491 e. The second kappa shape index (κ2) is 12.5. The molecule has 3 amide bonds. The van der Waals surface area contributed by atoms with Crippen LogP contribution in [0.3, 0.4) is 0 Å². The molecule has 4 aromatic rings. The van der Waals surface area contributed by atoms with Crippen LogP contribution in [0, 0.1) is 0 Å². The first-order valence-electron chi connectivity index (χ1n) is 14.2. The number of rotatable bonds is 10. The Kier molecular flexibility index (Phi) is 8.60. The summed E-state index contributed by atoms with van der Waals surface area (Å²) in [7, 11) is 0. The van der Waals surface area contributed by atoms with Crippen molar-refractivity contribution in [3.8, 4) is 5.75 Å². The third kappa shape index (κ3) is 7.29. The number of carbonyl (C=O) groups is 3. The van der Waals surface area contributed by atoms with Crippen molar-refractivity contribution in [2.24, 2.45) is 5.73 Å². The monoisotopic (exact) mass is 588 g/mol. The number of benzene rings is 2. The fourth-order valence-electron chi connectivity index (χ4n) is 5.12. The van der Waals surface area contributed by atoms with Crippen LogP contribution in [-0.4, -0.2) is 68.7 Å². The highest BCUT2D eigenvalue weighted by Gasteiger charge is 2.29. The summed E-state index contributed by atoms with van der Waals surface area (Å²) in [5.41, 5.74) is 6.48. The first-order chi connectivity index (χ1) is 20.6. The second-order valence-electron chi connectivity index (χ2n) is 11.5. The number of fused-ring (bicyclic) bond motifs is 2. The van der Waals surface area contributed by atoms with Gasteiger partial charge in [-0.1, -0.05) is 18.2 Å². The van der Waals surface area contributed by atoms with E-state index in [9.17, 15) is 14.4 Å². The summed E-state index contributed by atoms with van der Waals surface area (Å²) >= 11 is 0. The van der Waals surface area contributed by atoms with Crippen molar-refractivity contribution in [3.63, 3.8) is 0 Å². The molecular formula is C30H36N8O5. The van der Waals surface area contributed by atoms with E-state index in [-0.39, 0.29) is 18.9 Å². The summed E-state index contributed by atoms with van der Waals surface area (Å²) in [6.07, 6.45) is 4.28. The van der Waals surface area contributed by atoms with Crippen molar-refractivity contribution >= 4 is 51.3 Å². The van der Waals surface area contributed by atoms with E-state index in [0.717, 1.165) is 41.5 Å². The van der Waals surface area contributed by atoms with Crippen molar-refractivity contribution in [2.75, 3.05) is 23.4 Å². The number of nitrogens with zero attached hydrogens (tertiary/aromatic N) is 4. The number of nitrogens with one attached hydrogen (secondary N) is 3. The highest BCUT2D eigenvalue weighted by atomic mass is 16.6. The number of aromatic nitrogens is 4. The highest BCUT2D eigenvalue weighted by Crippen LogP contribution is 2.31. The minimum Gasteiger partial charge on any atom is -0.491 e. The van der Waals surface area contributed by atoms with Gasteiger partial charge in [-0.3, -0.25) is 9.59 Å². The van der Waals surface area contributed by atoms with Gasteiger partial charge in [-0.25, -0.2) is 19.7 Å². The summed E-state index contributed by atoms with van der Waals surface area (Å²) in [6.45, 7) is 6.43. The molecular weight excluding hydrogens is 552 g/mol. The maximum atomic E-state index is 13.2. The van der Waals surface area contributed by atoms with Gasteiger partial charge in [-0.05, 0) is 63.6 Å². The lowest BCUT2D eigenvalue weighted by atomic mass is 10.1. The highest BCUT2D eigenvalue weighted by molar-refractivity contribution is 5.99. The quantitative estimate of drug-likeness (QED) is 0.215. The van der Waals surface area contributed by atoms with Gasteiger partial charge in [0, 0.05) is 24.0 Å². The molecule has 226 valence electrons. The molecule has 0 radical (unpaired) electrons. The summed E-state index contributed by atoms with van der Waals surface area (Å²) in [5.74, 6) is 0.378. The Labute approximate surface area is 248 Å². The van der Waals surface area contributed by atoms with Gasteiger partial charge in [0.25, 0.3) is 0 Å². The van der Waals surface area contributed by atoms with Crippen LogP contribution in [0.2, 0.25) is 0 Å². The molecule has 0 unspecified atom stereocenters. The standard InChI is InChI=1S/C30H36N8O5/c1-30(2,3)43-29(41)37-22(11-12-24(31)39)28(40)36-19-10-9-18-6-4-8-23(21(18)14-19)42-15-20-7-5-13-38(20)27-25-26(33-16-32-25)34-17-35-27/h4,6,8-10,14,16-17,20,22H,5,7,11-13,15H2,1-3H3,(H2,31,39)(H,36,40)(H,37,41)(H,32,33,34,35)/t20-,22+/m1/s1. The van der Waals surface area contributed by atoms with E-state index in [1.54, 1.807) is 33.2 Å². The number of amides is 3. The molecule has 1 aliphatic heterocycles. The van der Waals surface area contributed by atoms with Gasteiger partial charge in [0.05, 0.1) is 12.4 Å². The van der Waals surface area contributed by atoms with Crippen molar-refractivity contribution in [2.45, 2.75) is 64.1 Å². The second-order valence-corrected chi connectivity index (χ2v) is 11.5. The number of H-pyrrole nitrogens is 1. The van der Waals surface area contributed by atoms with Gasteiger partial charge in [0.2, 0.25) is 11.8 Å². The fourth-order valence-corrected chi connectivity index (χ4v) is 5.12. The molecule has 1 saturated heterocycles. The first kappa shape index (κ1) is 29.5. The van der Waals surface area contributed by atoms with E-state index in [1.165, 1.54) is 6.33 Å². The molecule has 2 aromatic heterocycles. The molecule has 3 heterocycles. The Morgan fingerprint density at radius 1 is 1.16 bits per heavy atom. The lowest BCUT2D eigenvalue weighted by Crippen LogP contribution is -2.46. The fraction of sp³-hybridized carbons (Fsp3) is 0.400. The molecule has 2 aromatic carbocycles. The maximum absolute atomic E-state index is 13.2. The summed E-state index contributed by atoms with van der Waals surface area (Å²) in [4.78, 5) is 55.4. The molecule has 0 saturated carbocycles. The van der Waals surface area contributed by atoms with Gasteiger partial charge in [0.15, 0.2) is 11.5 Å². The molecule has 5 N–H and O–H groups in total. The molecule has 1 fully saturated rings. The van der Waals surface area contributed by atoms with Crippen molar-refractivity contribution in [1.82, 2.24) is 25.3 Å². The van der Waals surface area contributed by atoms with Crippen LogP contribution < -0.4 is 26.0 Å². The number of imidazole rings is 1. The van der Waals surface area contributed by atoms with Crippen LogP contribution in [-0.2, 0) is 14.3 Å². The zero-order valence-electron chi connectivity index (χ0n) is 24.4. The molecule has 0 spiro atoms. The zero-order valence-corrected chi connectivity index (χ0v) is 24.4. The number of aromatic amines is 1. The third-order valence-corrected chi connectivity index (χ3v) is 7.07. The Bertz CT molecular complexity index is 1630. The summed E-state index contributed by atoms with van der Waals surface area (Å²) in [6, 6.07) is 10.3. The normalized spacial score (nSPS) is 15.8. The predicted octanol–water partition coefficient (Wildman–Crippen LogP) is 3.65. The smallest absolute Gasteiger partial charge is 0.408 e. The van der Waals surface area contributed by atoms with Gasteiger partial charge >= 0.3 is 6.09 Å². The Hall–Kier alpha value is -4.94. The van der Waals surface area contributed by atoms with E-state index in [2.05, 4.69) is 35.5 Å². The predicted molar refractivity (Wildman–Crippen MR) is 162 cm³/mol. The van der Waals surface area contributed by atoms with E-state index in [1.807, 2.05) is 30.3 Å². The molecule has 2 atom stereocenters. The third-order valence-electron chi connectivity index (χ3n) is 7.07. The number of anilines is 2. The van der Waals surface area contributed by atoms with Gasteiger partial charge < -0.3 is 35.7 Å². The molecule has 13 nitrogen and oxygen atoms in total. The summed E-state index contributed by atoms with van der Waals surface area (Å²) in [5, 5.41) is 7.14. The molecule has 0 bridgehead atoms. The van der Waals surface area contributed by atoms with Crippen molar-refractivity contribution < 1.29 is 23.9 Å². The first-order valence-corrected chi connectivity index (χ1v) is 14.2. The SMILES string of the molecule is CC(C)(C)OC(=O)N[C@@H](CCC(N)=O)C(=O)Nc1ccc2cccc(OC[C@H]3CCCN3c3ncnc4[nH]cnc34)c2c1. The Morgan fingerprint density at radius 3 is 2.79 bits per heavy atom. The molecule has 1 aliphatic rings. The van der Waals surface area contributed by atoms with Gasteiger partial charge in [-0.2, -0.15) is 0 Å². The maximum Gasteiger partial charge on any atom is 0.408 e. The molecule has 5 rings (SSSR count). The van der Waals surface area contributed by atoms with Crippen molar-refractivity contribution in [1.29, 1.82) is 0 Å². The summed E-state index contributed by atoms with van der Waals surface area (Å²) < 4.78 is 11.7. The zero-order chi connectivity index (χ0) is 30.6. The number of primary amides is 1. The Balaban J connectivity index is 1.30. The van der Waals surface area contributed by atoms with E-state index >= 15 is 0 Å². The van der Waals surface area contributed by atoms with Crippen LogP contribution in [0.5, 0.6) is 5.75 Å². The number of hydrogen-bond acceptors (Lipinski definition) is 9. The van der Waals surface area contributed by atoms with Crippen molar-refractivity contribution in [3.05, 3.63) is 49.1 Å². The van der Waals surface area contributed by atoms with Crippen LogP contribution in [0.25, 0.3) is 21.9 Å². The van der Waals surface area contributed by atoms with Gasteiger partial charge in [0.1, 0.15) is 35.8 Å². The minimum absolute atomic E-state index is 0.0250. The van der Waals surface area contributed by atoms with E-state index in [0.29, 0.717) is 23.7 Å². The number of ether oxygens (including phenoxy) is 2. The average Bonchev–Trinajstić information content (AvgIpc) is 3.62. The molecule has 0 aliphatic carbocycles. The number of hydrogen-bond donors (Lipinski definition) is 4. The Morgan fingerprint density at radius 2 is 2.00 bits per heavy atom. The van der Waals surface area contributed by atoms with E-state index < -0.39 is 29.6 Å².